The van der Waals surface area contributed by atoms with Gasteiger partial charge in [-0.2, -0.15) is 0 Å². The fraction of sp³-hybridized carbons (Fsp3) is 0.714. The van der Waals surface area contributed by atoms with Crippen molar-refractivity contribution in [3.63, 3.8) is 0 Å². The second-order valence-corrected chi connectivity index (χ2v) is 2.69. The molecule has 0 heterocycles. The molecule has 0 bridgehead atoms. The molecule has 70 valence electrons. The largest absolute Gasteiger partial charge is 0.283 e. The molecule has 0 aromatic rings. The fourth-order valence-corrected chi connectivity index (χ4v) is 0.445. The first-order valence-electron chi connectivity index (χ1n) is 3.45. The zero-order valence-electron chi connectivity index (χ0n) is 7.02. The van der Waals surface area contributed by atoms with Gasteiger partial charge >= 0.3 is 0 Å². The summed E-state index contributed by atoms with van der Waals surface area (Å²) in [5, 5.41) is 0. The van der Waals surface area contributed by atoms with Crippen LogP contribution in [-0.4, -0.2) is 30.4 Å². The number of alkyl halides is 3. The molecule has 0 fully saturated rings. The maximum absolute atomic E-state index is 12.4. The highest BCUT2D eigenvalue weighted by atomic mass is 35.5. The summed E-state index contributed by atoms with van der Waals surface area (Å²) in [7, 11) is 0. The molecule has 0 aromatic heterocycles. The van der Waals surface area contributed by atoms with E-state index in [0.29, 0.717) is 12.4 Å². The first-order valence-corrected chi connectivity index (χ1v) is 3.99. The van der Waals surface area contributed by atoms with E-state index in [1.165, 1.54) is 6.92 Å². The SMILES string of the molecule is CC(=NC=NCCCl)C(C)(F)F. The van der Waals surface area contributed by atoms with Crippen LogP contribution in [0.1, 0.15) is 13.8 Å². The molecule has 0 aliphatic rings. The molecule has 0 aromatic carbocycles. The van der Waals surface area contributed by atoms with Crippen LogP contribution in [0.4, 0.5) is 8.78 Å². The van der Waals surface area contributed by atoms with Gasteiger partial charge in [-0.05, 0) is 6.92 Å². The van der Waals surface area contributed by atoms with Crippen LogP contribution in [0.3, 0.4) is 0 Å². The Morgan fingerprint density at radius 1 is 1.58 bits per heavy atom. The number of aliphatic imine (C=N–C) groups is 2. The quantitative estimate of drug-likeness (QED) is 0.375. The number of nitrogens with zero attached hydrogens (tertiary/aromatic N) is 2. The Morgan fingerprint density at radius 3 is 2.58 bits per heavy atom. The average molecular weight is 197 g/mol. The van der Waals surface area contributed by atoms with Crippen LogP contribution >= 0.6 is 11.6 Å². The van der Waals surface area contributed by atoms with Crippen LogP contribution < -0.4 is 0 Å². The lowest BCUT2D eigenvalue weighted by Crippen LogP contribution is -2.21. The Morgan fingerprint density at radius 2 is 2.17 bits per heavy atom. The molecule has 12 heavy (non-hydrogen) atoms. The van der Waals surface area contributed by atoms with E-state index in [1.54, 1.807) is 0 Å². The first kappa shape index (κ1) is 11.5. The van der Waals surface area contributed by atoms with Crippen molar-refractivity contribution >= 4 is 23.7 Å². The molecule has 0 radical (unpaired) electrons. The molecule has 0 unspecified atom stereocenters. The van der Waals surface area contributed by atoms with Crippen molar-refractivity contribution in [2.24, 2.45) is 9.98 Å². The van der Waals surface area contributed by atoms with Crippen molar-refractivity contribution in [2.45, 2.75) is 19.8 Å². The summed E-state index contributed by atoms with van der Waals surface area (Å²) in [6.45, 7) is 2.45. The lowest BCUT2D eigenvalue weighted by Gasteiger charge is -2.06. The maximum atomic E-state index is 12.4. The van der Waals surface area contributed by atoms with Crippen LogP contribution in [0, 0.1) is 0 Å². The zero-order valence-corrected chi connectivity index (χ0v) is 7.78. The van der Waals surface area contributed by atoms with Gasteiger partial charge in [0.1, 0.15) is 6.34 Å². The molecule has 0 N–H and O–H groups in total. The Balaban J connectivity index is 4.01. The molecule has 0 spiro atoms. The molecule has 0 saturated carbocycles. The molecule has 0 atom stereocenters. The van der Waals surface area contributed by atoms with Crippen molar-refractivity contribution < 1.29 is 8.78 Å². The smallest absolute Gasteiger partial charge is 0.272 e. The van der Waals surface area contributed by atoms with E-state index in [0.717, 1.165) is 13.3 Å². The van der Waals surface area contributed by atoms with Gasteiger partial charge in [-0.25, -0.2) is 13.8 Å². The fourth-order valence-electron chi connectivity index (χ4n) is 0.347. The van der Waals surface area contributed by atoms with E-state index in [1.807, 2.05) is 0 Å². The van der Waals surface area contributed by atoms with E-state index in [9.17, 15) is 8.78 Å². The maximum Gasteiger partial charge on any atom is 0.283 e. The van der Waals surface area contributed by atoms with Gasteiger partial charge in [0.15, 0.2) is 0 Å². The summed E-state index contributed by atoms with van der Waals surface area (Å²) in [5.74, 6) is -2.50. The first-order chi connectivity index (χ1) is 5.48. The third kappa shape index (κ3) is 5.18. The second-order valence-electron chi connectivity index (χ2n) is 2.31. The minimum atomic E-state index is -2.87. The summed E-state index contributed by atoms with van der Waals surface area (Å²) in [6, 6.07) is 0. The lowest BCUT2D eigenvalue weighted by molar-refractivity contribution is 0.1000. The molecule has 0 amide bonds. The molecule has 0 aliphatic carbocycles. The molecule has 0 rings (SSSR count). The van der Waals surface area contributed by atoms with Crippen molar-refractivity contribution in [2.75, 3.05) is 12.4 Å². The standard InChI is InChI=1S/C7H11ClF2N2/c1-6(7(2,9)10)12-5-11-4-3-8/h5H,3-4H2,1-2H3. The predicted octanol–water partition coefficient (Wildman–Crippen LogP) is 2.37. The third-order valence-corrected chi connectivity index (χ3v) is 1.35. The number of hydrogen-bond donors (Lipinski definition) is 0. The van der Waals surface area contributed by atoms with Crippen LogP contribution in [0.2, 0.25) is 0 Å². The number of hydrogen-bond acceptors (Lipinski definition) is 1. The summed E-state index contributed by atoms with van der Waals surface area (Å²) < 4.78 is 24.8. The van der Waals surface area contributed by atoms with Gasteiger partial charge in [0.2, 0.25) is 0 Å². The van der Waals surface area contributed by atoms with Crippen LogP contribution in [0.15, 0.2) is 9.98 Å². The predicted molar refractivity (Wildman–Crippen MR) is 47.8 cm³/mol. The van der Waals surface area contributed by atoms with E-state index < -0.39 is 5.92 Å². The van der Waals surface area contributed by atoms with Crippen molar-refractivity contribution in [1.29, 1.82) is 0 Å². The van der Waals surface area contributed by atoms with E-state index >= 15 is 0 Å². The third-order valence-electron chi connectivity index (χ3n) is 1.18. The Kier molecular flexibility index (Phi) is 4.97. The van der Waals surface area contributed by atoms with Gasteiger partial charge in [-0.15, -0.1) is 11.6 Å². The Bertz CT molecular complexity index is 184. The Hall–Kier alpha value is -0.510. The topological polar surface area (TPSA) is 24.7 Å². The van der Waals surface area contributed by atoms with Gasteiger partial charge < -0.3 is 0 Å². The van der Waals surface area contributed by atoms with E-state index in [2.05, 4.69) is 9.98 Å². The zero-order chi connectivity index (χ0) is 9.61. The average Bonchev–Trinajstić information content (AvgIpc) is 1.96. The minimum absolute atomic E-state index is 0.249. The lowest BCUT2D eigenvalue weighted by atomic mass is 10.2. The van der Waals surface area contributed by atoms with Gasteiger partial charge in [-0.3, -0.25) is 4.99 Å². The molecule has 2 nitrogen and oxygen atoms in total. The summed E-state index contributed by atoms with van der Waals surface area (Å²) >= 11 is 5.30. The van der Waals surface area contributed by atoms with Crippen molar-refractivity contribution in [3.05, 3.63) is 0 Å². The summed E-state index contributed by atoms with van der Waals surface area (Å²) in [4.78, 5) is 7.11. The molecular formula is C7H11ClF2N2. The highest BCUT2D eigenvalue weighted by Crippen LogP contribution is 2.13. The molecule has 0 aliphatic heterocycles. The van der Waals surface area contributed by atoms with E-state index in [-0.39, 0.29) is 5.71 Å². The summed E-state index contributed by atoms with van der Waals surface area (Å²) in [5.41, 5.74) is -0.249. The minimum Gasteiger partial charge on any atom is -0.272 e. The van der Waals surface area contributed by atoms with Crippen molar-refractivity contribution in [1.82, 2.24) is 0 Å². The van der Waals surface area contributed by atoms with Crippen LogP contribution in [-0.2, 0) is 0 Å². The van der Waals surface area contributed by atoms with Gasteiger partial charge in [0, 0.05) is 12.8 Å². The second kappa shape index (κ2) is 5.19. The molecule has 0 saturated heterocycles. The number of rotatable bonds is 4. The van der Waals surface area contributed by atoms with Gasteiger partial charge in [0.05, 0.1) is 12.3 Å². The van der Waals surface area contributed by atoms with Crippen molar-refractivity contribution in [3.8, 4) is 0 Å². The normalized spacial score (nSPS) is 14.2. The monoisotopic (exact) mass is 196 g/mol. The molecule has 5 heteroatoms. The van der Waals surface area contributed by atoms with Gasteiger partial charge in [0.25, 0.3) is 5.92 Å². The molecular weight excluding hydrogens is 186 g/mol. The van der Waals surface area contributed by atoms with Crippen LogP contribution in [0.5, 0.6) is 0 Å². The highest BCUT2D eigenvalue weighted by molar-refractivity contribution is 6.18. The Labute approximate surface area is 75.4 Å². The number of halogens is 3. The summed E-state index contributed by atoms with van der Waals surface area (Å²) in [6.07, 6.45) is 1.11. The van der Waals surface area contributed by atoms with E-state index in [4.69, 9.17) is 11.6 Å². The van der Waals surface area contributed by atoms with Gasteiger partial charge in [-0.1, -0.05) is 0 Å². The highest BCUT2D eigenvalue weighted by Gasteiger charge is 2.24. The van der Waals surface area contributed by atoms with Crippen LogP contribution in [0.25, 0.3) is 0 Å².